The molecule has 2 aromatic rings. The van der Waals surface area contributed by atoms with Gasteiger partial charge in [-0.2, -0.15) is 13.2 Å². The first-order valence-electron chi connectivity index (χ1n) is 6.12. The third-order valence-electron chi connectivity index (χ3n) is 2.89. The molecule has 2 rings (SSSR count). The highest BCUT2D eigenvalue weighted by atomic mass is 35.5. The second kappa shape index (κ2) is 6.25. The van der Waals surface area contributed by atoms with Crippen molar-refractivity contribution in [2.24, 2.45) is 0 Å². The topological polar surface area (TPSA) is 72.2 Å². The van der Waals surface area contributed by atoms with Crippen LogP contribution in [0.5, 0.6) is 0 Å². The summed E-state index contributed by atoms with van der Waals surface area (Å²) in [6.45, 7) is 0. The highest BCUT2D eigenvalue weighted by Crippen LogP contribution is 2.39. The highest BCUT2D eigenvalue weighted by molar-refractivity contribution is 6.32. The third-order valence-corrected chi connectivity index (χ3v) is 3.21. The summed E-state index contributed by atoms with van der Waals surface area (Å²) < 4.78 is 39.1. The number of nitrogens with zero attached hydrogens (tertiary/aromatic N) is 1. The van der Waals surface area contributed by atoms with Crippen molar-refractivity contribution in [3.05, 3.63) is 68.7 Å². The van der Waals surface area contributed by atoms with Crippen molar-refractivity contribution in [1.29, 1.82) is 0 Å². The molecule has 0 fully saturated rings. The molecule has 0 radical (unpaired) electrons. The first kappa shape index (κ1) is 16.8. The van der Waals surface area contributed by atoms with E-state index in [0.717, 1.165) is 24.3 Å². The Morgan fingerprint density at radius 1 is 1.13 bits per heavy atom. The molecule has 0 aliphatic heterocycles. The van der Waals surface area contributed by atoms with E-state index in [1.165, 1.54) is 18.2 Å². The Morgan fingerprint density at radius 3 is 2.39 bits per heavy atom. The number of hydrogen-bond donors (Lipinski definition) is 1. The van der Waals surface area contributed by atoms with Crippen molar-refractivity contribution >= 4 is 28.9 Å². The number of rotatable bonds is 3. The lowest BCUT2D eigenvalue weighted by atomic mass is 10.1. The quantitative estimate of drug-likeness (QED) is 0.657. The monoisotopic (exact) mass is 344 g/mol. The maximum absolute atomic E-state index is 13.0. The number of amides is 1. The molecule has 0 aromatic heterocycles. The lowest BCUT2D eigenvalue weighted by Crippen LogP contribution is -2.18. The molecule has 0 heterocycles. The molecule has 120 valence electrons. The molecular weight excluding hydrogens is 337 g/mol. The lowest BCUT2D eigenvalue weighted by Gasteiger charge is -2.15. The summed E-state index contributed by atoms with van der Waals surface area (Å²) in [4.78, 5) is 22.2. The fraction of sp³-hybridized carbons (Fsp3) is 0.0714. The Bertz CT molecular complexity index is 778. The second-order valence-electron chi connectivity index (χ2n) is 4.39. The van der Waals surface area contributed by atoms with E-state index in [1.807, 2.05) is 5.32 Å². The summed E-state index contributed by atoms with van der Waals surface area (Å²) in [5.41, 5.74) is -2.66. The lowest BCUT2D eigenvalue weighted by molar-refractivity contribution is -0.385. The number of carbonyl (C=O) groups excluding carboxylic acids is 1. The number of carbonyl (C=O) groups is 1. The van der Waals surface area contributed by atoms with Gasteiger partial charge in [0.05, 0.1) is 21.2 Å². The van der Waals surface area contributed by atoms with Crippen LogP contribution in [0.25, 0.3) is 0 Å². The van der Waals surface area contributed by atoms with Crippen LogP contribution in [0.4, 0.5) is 24.5 Å². The Labute approximate surface area is 132 Å². The van der Waals surface area contributed by atoms with Gasteiger partial charge in [-0.05, 0) is 18.2 Å². The first-order valence-corrected chi connectivity index (χ1v) is 6.50. The van der Waals surface area contributed by atoms with Gasteiger partial charge in [0, 0.05) is 6.07 Å². The van der Waals surface area contributed by atoms with Crippen LogP contribution in [-0.4, -0.2) is 10.8 Å². The minimum Gasteiger partial charge on any atom is -0.321 e. The minimum absolute atomic E-state index is 0.356. The van der Waals surface area contributed by atoms with Gasteiger partial charge < -0.3 is 5.32 Å². The number of nitrogens with one attached hydrogen (secondary N) is 1. The van der Waals surface area contributed by atoms with Gasteiger partial charge >= 0.3 is 6.18 Å². The smallest absolute Gasteiger partial charge is 0.321 e. The molecule has 0 atom stereocenters. The number of nitro benzene ring substituents is 1. The molecule has 0 bridgehead atoms. The maximum atomic E-state index is 13.0. The van der Waals surface area contributed by atoms with Gasteiger partial charge in [0.15, 0.2) is 0 Å². The van der Waals surface area contributed by atoms with Crippen molar-refractivity contribution in [3.8, 4) is 0 Å². The van der Waals surface area contributed by atoms with Crippen LogP contribution >= 0.6 is 11.6 Å². The Balaban J connectivity index is 2.43. The summed E-state index contributed by atoms with van der Waals surface area (Å²) in [5.74, 6) is -1.04. The molecule has 0 aliphatic rings. The molecule has 2 aromatic carbocycles. The van der Waals surface area contributed by atoms with Gasteiger partial charge in [0.25, 0.3) is 11.6 Å². The van der Waals surface area contributed by atoms with E-state index in [2.05, 4.69) is 0 Å². The summed E-state index contributed by atoms with van der Waals surface area (Å²) in [5, 5.41) is 12.3. The van der Waals surface area contributed by atoms with Crippen molar-refractivity contribution in [1.82, 2.24) is 0 Å². The molecule has 23 heavy (non-hydrogen) atoms. The van der Waals surface area contributed by atoms with Crippen LogP contribution in [-0.2, 0) is 6.18 Å². The van der Waals surface area contributed by atoms with Crippen LogP contribution in [0.2, 0.25) is 5.02 Å². The molecule has 0 saturated carbocycles. The number of halogens is 4. The van der Waals surface area contributed by atoms with E-state index >= 15 is 0 Å². The van der Waals surface area contributed by atoms with E-state index in [0.29, 0.717) is 0 Å². The summed E-state index contributed by atoms with van der Waals surface area (Å²) in [7, 11) is 0. The SMILES string of the molecule is O=C(Nc1cccc(Cl)c1C(F)(F)F)c1ccccc1[N+](=O)[O-]. The van der Waals surface area contributed by atoms with Gasteiger partial charge in [0.1, 0.15) is 5.56 Å². The van der Waals surface area contributed by atoms with E-state index in [1.54, 1.807) is 0 Å². The average molecular weight is 345 g/mol. The van der Waals surface area contributed by atoms with Crippen LogP contribution in [0.3, 0.4) is 0 Å². The number of benzene rings is 2. The van der Waals surface area contributed by atoms with Crippen molar-refractivity contribution < 1.29 is 22.9 Å². The molecule has 1 N–H and O–H groups in total. The molecule has 0 unspecified atom stereocenters. The van der Waals surface area contributed by atoms with Crippen LogP contribution in [0.1, 0.15) is 15.9 Å². The largest absolute Gasteiger partial charge is 0.419 e. The zero-order valence-corrected chi connectivity index (χ0v) is 12.0. The predicted octanol–water partition coefficient (Wildman–Crippen LogP) is 4.52. The Hall–Kier alpha value is -2.61. The van der Waals surface area contributed by atoms with Gasteiger partial charge in [-0.15, -0.1) is 0 Å². The van der Waals surface area contributed by atoms with Gasteiger partial charge in [0.2, 0.25) is 0 Å². The zero-order valence-electron chi connectivity index (χ0n) is 11.2. The molecule has 0 aliphatic carbocycles. The Kier molecular flexibility index (Phi) is 4.55. The van der Waals surface area contributed by atoms with Crippen LogP contribution < -0.4 is 5.32 Å². The van der Waals surface area contributed by atoms with Gasteiger partial charge in [-0.3, -0.25) is 14.9 Å². The van der Waals surface area contributed by atoms with Crippen molar-refractivity contribution in [2.75, 3.05) is 5.32 Å². The van der Waals surface area contributed by atoms with E-state index in [-0.39, 0.29) is 5.56 Å². The molecule has 0 spiro atoms. The highest BCUT2D eigenvalue weighted by Gasteiger charge is 2.36. The molecule has 9 heteroatoms. The minimum atomic E-state index is -4.79. The van der Waals surface area contributed by atoms with Crippen molar-refractivity contribution in [3.63, 3.8) is 0 Å². The molecule has 0 saturated heterocycles. The number of hydrogen-bond acceptors (Lipinski definition) is 3. The van der Waals surface area contributed by atoms with Gasteiger partial charge in [-0.1, -0.05) is 29.8 Å². The normalized spacial score (nSPS) is 11.1. The second-order valence-corrected chi connectivity index (χ2v) is 4.80. The average Bonchev–Trinajstić information content (AvgIpc) is 2.45. The summed E-state index contributed by atoms with van der Waals surface area (Å²) >= 11 is 5.55. The first-order chi connectivity index (χ1) is 10.7. The third kappa shape index (κ3) is 3.59. The number of para-hydroxylation sites is 1. The number of nitro groups is 1. The Morgan fingerprint density at radius 2 is 1.78 bits per heavy atom. The molecule has 1 amide bonds. The molecule has 5 nitrogen and oxygen atoms in total. The summed E-state index contributed by atoms with van der Waals surface area (Å²) in [6, 6.07) is 8.21. The predicted molar refractivity (Wildman–Crippen MR) is 77.5 cm³/mol. The fourth-order valence-corrected chi connectivity index (χ4v) is 2.21. The zero-order chi connectivity index (χ0) is 17.2. The fourth-order valence-electron chi connectivity index (χ4n) is 1.93. The van der Waals surface area contributed by atoms with E-state index in [4.69, 9.17) is 11.6 Å². The van der Waals surface area contributed by atoms with E-state index < -0.39 is 39.0 Å². The van der Waals surface area contributed by atoms with Crippen LogP contribution in [0.15, 0.2) is 42.5 Å². The number of alkyl halides is 3. The maximum Gasteiger partial charge on any atom is 0.419 e. The standard InChI is InChI=1S/C14H8ClF3N2O3/c15-9-5-3-6-10(12(9)14(16,17)18)19-13(21)8-4-1-2-7-11(8)20(22)23/h1-7H,(H,19,21). The van der Waals surface area contributed by atoms with Crippen LogP contribution in [0, 0.1) is 10.1 Å². The molecular formula is C14H8ClF3N2O3. The number of anilines is 1. The van der Waals surface area contributed by atoms with Gasteiger partial charge in [-0.25, -0.2) is 0 Å². The van der Waals surface area contributed by atoms with Crippen molar-refractivity contribution in [2.45, 2.75) is 6.18 Å². The van der Waals surface area contributed by atoms with E-state index in [9.17, 15) is 28.1 Å². The summed E-state index contributed by atoms with van der Waals surface area (Å²) in [6.07, 6.45) is -4.79.